The van der Waals surface area contributed by atoms with Crippen molar-refractivity contribution in [3.8, 4) is 0 Å². The molecule has 0 aliphatic rings. The van der Waals surface area contributed by atoms with Crippen molar-refractivity contribution in [1.82, 2.24) is 10.2 Å². The quantitative estimate of drug-likeness (QED) is 0.584. The van der Waals surface area contributed by atoms with E-state index in [2.05, 4.69) is 10.2 Å². The van der Waals surface area contributed by atoms with Crippen LogP contribution in [-0.2, 0) is 0 Å². The topological polar surface area (TPSA) is 48.9 Å². The second-order valence-electron chi connectivity index (χ2n) is 2.13. The van der Waals surface area contributed by atoms with E-state index >= 15 is 0 Å². The molecule has 3 nitrogen and oxygen atoms in total. The summed E-state index contributed by atoms with van der Waals surface area (Å²) in [5.41, 5.74) is 1.81. The molecule has 0 aliphatic carbocycles. The molecular weight excluding hydrogens is 116 g/mol. The summed E-state index contributed by atoms with van der Waals surface area (Å²) < 4.78 is 0. The van der Waals surface area contributed by atoms with Crippen LogP contribution >= 0.6 is 0 Å². The van der Waals surface area contributed by atoms with E-state index in [-0.39, 0.29) is 0 Å². The highest BCUT2D eigenvalue weighted by Gasteiger charge is 2.04. The van der Waals surface area contributed by atoms with Gasteiger partial charge in [-0.1, -0.05) is 0 Å². The van der Waals surface area contributed by atoms with Crippen LogP contribution < -0.4 is 0 Å². The highest BCUT2D eigenvalue weighted by molar-refractivity contribution is 5.16. The minimum Gasteiger partial charge on any atom is -0.389 e. The Balaban J connectivity index is 2.94. The standard InChI is InChI=1S/C6H10N2O/c1-4-6(5(2)9)3-7-8-4/h3,5,9H,1-2H3,(H,7,8)/t5-/m0/s1. The Morgan fingerprint density at radius 2 is 2.44 bits per heavy atom. The Kier molecular flexibility index (Phi) is 1.53. The third-order valence-electron chi connectivity index (χ3n) is 1.32. The van der Waals surface area contributed by atoms with Crippen molar-refractivity contribution in [2.24, 2.45) is 0 Å². The van der Waals surface area contributed by atoms with Crippen LogP contribution in [0.5, 0.6) is 0 Å². The highest BCUT2D eigenvalue weighted by atomic mass is 16.3. The van der Waals surface area contributed by atoms with Crippen LogP contribution in [0.15, 0.2) is 6.20 Å². The lowest BCUT2D eigenvalue weighted by Gasteiger charge is -1.98. The van der Waals surface area contributed by atoms with E-state index in [9.17, 15) is 0 Å². The molecule has 3 heteroatoms. The summed E-state index contributed by atoms with van der Waals surface area (Å²) >= 11 is 0. The van der Waals surface area contributed by atoms with Gasteiger partial charge in [0.2, 0.25) is 0 Å². The molecule has 0 saturated heterocycles. The summed E-state index contributed by atoms with van der Waals surface area (Å²) in [5.74, 6) is 0. The van der Waals surface area contributed by atoms with Crippen LogP contribution in [0.4, 0.5) is 0 Å². The van der Waals surface area contributed by atoms with Crippen LogP contribution in [0.2, 0.25) is 0 Å². The number of aryl methyl sites for hydroxylation is 1. The molecule has 50 valence electrons. The number of H-pyrrole nitrogens is 1. The van der Waals surface area contributed by atoms with Gasteiger partial charge in [0, 0.05) is 11.3 Å². The third-order valence-corrected chi connectivity index (χ3v) is 1.32. The summed E-state index contributed by atoms with van der Waals surface area (Å²) in [6.07, 6.45) is 1.23. The van der Waals surface area contributed by atoms with Gasteiger partial charge in [-0.25, -0.2) is 0 Å². The van der Waals surface area contributed by atoms with Crippen molar-refractivity contribution < 1.29 is 5.11 Å². The van der Waals surface area contributed by atoms with E-state index < -0.39 is 6.10 Å². The molecule has 0 radical (unpaired) electrons. The van der Waals surface area contributed by atoms with E-state index in [1.165, 1.54) is 0 Å². The van der Waals surface area contributed by atoms with Gasteiger partial charge in [-0.3, -0.25) is 5.10 Å². The number of aromatic amines is 1. The molecule has 0 aromatic carbocycles. The molecule has 1 aromatic heterocycles. The van der Waals surface area contributed by atoms with Crippen molar-refractivity contribution in [3.05, 3.63) is 17.5 Å². The van der Waals surface area contributed by atoms with Gasteiger partial charge >= 0.3 is 0 Å². The summed E-state index contributed by atoms with van der Waals surface area (Å²) in [6, 6.07) is 0. The van der Waals surface area contributed by atoms with Gasteiger partial charge in [0.1, 0.15) is 0 Å². The predicted molar refractivity (Wildman–Crippen MR) is 34.0 cm³/mol. The molecule has 1 rings (SSSR count). The summed E-state index contributed by atoms with van der Waals surface area (Å²) in [4.78, 5) is 0. The van der Waals surface area contributed by atoms with Crippen LogP contribution in [0, 0.1) is 6.92 Å². The first-order valence-electron chi connectivity index (χ1n) is 2.89. The smallest absolute Gasteiger partial charge is 0.0795 e. The molecule has 0 amide bonds. The van der Waals surface area contributed by atoms with Crippen LogP contribution in [0.1, 0.15) is 24.3 Å². The lowest BCUT2D eigenvalue weighted by Crippen LogP contribution is -1.90. The number of aliphatic hydroxyl groups excluding tert-OH is 1. The maximum Gasteiger partial charge on any atom is 0.0795 e. The Bertz CT molecular complexity index is 193. The van der Waals surface area contributed by atoms with Gasteiger partial charge in [0.15, 0.2) is 0 Å². The van der Waals surface area contributed by atoms with E-state index in [0.717, 1.165) is 11.3 Å². The Morgan fingerprint density at radius 3 is 2.67 bits per heavy atom. The lowest BCUT2D eigenvalue weighted by molar-refractivity contribution is 0.198. The first-order chi connectivity index (χ1) is 4.22. The number of aliphatic hydroxyl groups is 1. The van der Waals surface area contributed by atoms with Gasteiger partial charge in [-0.2, -0.15) is 5.10 Å². The van der Waals surface area contributed by atoms with Gasteiger partial charge in [0.25, 0.3) is 0 Å². The van der Waals surface area contributed by atoms with E-state index in [4.69, 9.17) is 5.11 Å². The Hall–Kier alpha value is -0.830. The van der Waals surface area contributed by atoms with Crippen molar-refractivity contribution in [3.63, 3.8) is 0 Å². The normalized spacial score (nSPS) is 13.7. The van der Waals surface area contributed by atoms with Gasteiger partial charge < -0.3 is 5.11 Å². The molecule has 1 aromatic rings. The SMILES string of the molecule is Cc1[nH]ncc1[C@H](C)O. The van der Waals surface area contributed by atoms with Gasteiger partial charge in [0.05, 0.1) is 12.3 Å². The molecule has 2 N–H and O–H groups in total. The molecule has 0 saturated carbocycles. The average Bonchev–Trinajstić information content (AvgIpc) is 2.13. The van der Waals surface area contributed by atoms with Crippen molar-refractivity contribution >= 4 is 0 Å². The number of hydrogen-bond acceptors (Lipinski definition) is 2. The molecule has 9 heavy (non-hydrogen) atoms. The fourth-order valence-corrected chi connectivity index (χ4v) is 0.781. The van der Waals surface area contributed by atoms with Crippen molar-refractivity contribution in [1.29, 1.82) is 0 Å². The van der Waals surface area contributed by atoms with Crippen LogP contribution in [0.3, 0.4) is 0 Å². The van der Waals surface area contributed by atoms with E-state index in [0.29, 0.717) is 0 Å². The monoisotopic (exact) mass is 126 g/mol. The highest BCUT2D eigenvalue weighted by Crippen LogP contribution is 2.12. The van der Waals surface area contributed by atoms with Gasteiger partial charge in [-0.05, 0) is 13.8 Å². The fraction of sp³-hybridized carbons (Fsp3) is 0.500. The largest absolute Gasteiger partial charge is 0.389 e. The zero-order chi connectivity index (χ0) is 6.85. The predicted octanol–water partition coefficient (Wildman–Crippen LogP) is 0.771. The number of nitrogens with one attached hydrogen (secondary N) is 1. The molecule has 1 atom stereocenters. The van der Waals surface area contributed by atoms with Crippen LogP contribution in [0.25, 0.3) is 0 Å². The van der Waals surface area contributed by atoms with E-state index in [1.807, 2.05) is 6.92 Å². The molecule has 0 aliphatic heterocycles. The molecule has 0 unspecified atom stereocenters. The average molecular weight is 126 g/mol. The van der Waals surface area contributed by atoms with E-state index in [1.54, 1.807) is 13.1 Å². The second kappa shape index (κ2) is 2.19. The zero-order valence-corrected chi connectivity index (χ0v) is 5.55. The first kappa shape index (κ1) is 6.29. The third kappa shape index (κ3) is 1.10. The zero-order valence-electron chi connectivity index (χ0n) is 5.55. The van der Waals surface area contributed by atoms with Crippen molar-refractivity contribution in [2.45, 2.75) is 20.0 Å². The summed E-state index contributed by atoms with van der Waals surface area (Å²) in [6.45, 7) is 3.60. The second-order valence-corrected chi connectivity index (χ2v) is 2.13. The number of rotatable bonds is 1. The number of nitrogens with zero attached hydrogens (tertiary/aromatic N) is 1. The number of hydrogen-bond donors (Lipinski definition) is 2. The Labute approximate surface area is 53.7 Å². The Morgan fingerprint density at radius 1 is 1.78 bits per heavy atom. The van der Waals surface area contributed by atoms with Gasteiger partial charge in [-0.15, -0.1) is 0 Å². The molecule has 0 fully saturated rings. The fourth-order valence-electron chi connectivity index (χ4n) is 0.781. The molecule has 0 bridgehead atoms. The molecule has 1 heterocycles. The first-order valence-corrected chi connectivity index (χ1v) is 2.89. The van der Waals surface area contributed by atoms with Crippen LogP contribution in [-0.4, -0.2) is 15.3 Å². The maximum atomic E-state index is 9.03. The minimum atomic E-state index is -0.413. The summed E-state index contributed by atoms with van der Waals surface area (Å²) in [5, 5.41) is 15.5. The van der Waals surface area contributed by atoms with Crippen molar-refractivity contribution in [2.75, 3.05) is 0 Å². The summed E-state index contributed by atoms with van der Waals surface area (Å²) in [7, 11) is 0. The molecule has 0 spiro atoms. The maximum absolute atomic E-state index is 9.03. The lowest BCUT2D eigenvalue weighted by atomic mass is 10.2. The molecular formula is C6H10N2O. The number of aromatic nitrogens is 2. The minimum absolute atomic E-state index is 0.413.